The zero-order valence-corrected chi connectivity index (χ0v) is 10.9. The van der Waals surface area contributed by atoms with Crippen molar-refractivity contribution in [2.45, 2.75) is 12.8 Å². The minimum Gasteiger partial charge on any atom is -0.496 e. The average Bonchev–Trinajstić information content (AvgIpc) is 2.38. The van der Waals surface area contributed by atoms with Crippen LogP contribution in [0.3, 0.4) is 0 Å². The van der Waals surface area contributed by atoms with Gasteiger partial charge in [-0.2, -0.15) is 0 Å². The number of hydrogen-bond donors (Lipinski definition) is 2. The predicted octanol–water partition coefficient (Wildman–Crippen LogP) is 1.43. The SMILES string of the molecule is COCCCCNC(=O)c1ccc(N)cc1OC. The number of nitrogen functional groups attached to an aromatic ring is 1. The Bertz CT molecular complexity index is 394. The van der Waals surface area contributed by atoms with Crippen LogP contribution < -0.4 is 15.8 Å². The number of unbranched alkanes of at least 4 members (excludes halogenated alkanes) is 1. The fourth-order valence-electron chi connectivity index (χ4n) is 1.56. The summed E-state index contributed by atoms with van der Waals surface area (Å²) in [5.74, 6) is 0.341. The molecular weight excluding hydrogens is 232 g/mol. The van der Waals surface area contributed by atoms with Crippen LogP contribution >= 0.6 is 0 Å². The fraction of sp³-hybridized carbons (Fsp3) is 0.462. The van der Waals surface area contributed by atoms with Crippen molar-refractivity contribution in [3.63, 3.8) is 0 Å². The van der Waals surface area contributed by atoms with Crippen LogP contribution in [0.25, 0.3) is 0 Å². The second kappa shape index (κ2) is 7.55. The van der Waals surface area contributed by atoms with Crippen molar-refractivity contribution in [2.75, 3.05) is 33.1 Å². The van der Waals surface area contributed by atoms with E-state index in [-0.39, 0.29) is 5.91 Å². The number of nitrogens with one attached hydrogen (secondary N) is 1. The molecule has 0 spiro atoms. The number of rotatable bonds is 7. The monoisotopic (exact) mass is 252 g/mol. The molecular formula is C13H20N2O3. The van der Waals surface area contributed by atoms with Crippen LogP contribution in [0.1, 0.15) is 23.2 Å². The molecule has 0 aromatic heterocycles. The highest BCUT2D eigenvalue weighted by Gasteiger charge is 2.11. The third kappa shape index (κ3) is 4.25. The molecule has 0 bridgehead atoms. The van der Waals surface area contributed by atoms with E-state index >= 15 is 0 Å². The maximum Gasteiger partial charge on any atom is 0.255 e. The molecule has 1 aromatic carbocycles. The molecule has 0 saturated carbocycles. The number of benzene rings is 1. The lowest BCUT2D eigenvalue weighted by atomic mass is 10.1. The van der Waals surface area contributed by atoms with Crippen LogP contribution in [-0.4, -0.2) is 33.3 Å². The molecule has 0 aliphatic rings. The number of amides is 1. The summed E-state index contributed by atoms with van der Waals surface area (Å²) in [6.45, 7) is 1.33. The first kappa shape index (κ1) is 14.3. The fourth-order valence-corrected chi connectivity index (χ4v) is 1.56. The van der Waals surface area contributed by atoms with Crippen molar-refractivity contribution in [3.05, 3.63) is 23.8 Å². The molecule has 3 N–H and O–H groups in total. The third-order valence-electron chi connectivity index (χ3n) is 2.53. The second-order valence-electron chi connectivity index (χ2n) is 3.92. The molecule has 1 amide bonds. The Labute approximate surface area is 107 Å². The molecule has 1 rings (SSSR count). The van der Waals surface area contributed by atoms with E-state index in [4.69, 9.17) is 15.2 Å². The summed E-state index contributed by atoms with van der Waals surface area (Å²) in [5.41, 5.74) is 6.70. The lowest BCUT2D eigenvalue weighted by Crippen LogP contribution is -2.25. The first-order valence-electron chi connectivity index (χ1n) is 5.89. The summed E-state index contributed by atoms with van der Waals surface area (Å²) < 4.78 is 10.1. The van der Waals surface area contributed by atoms with Gasteiger partial charge in [0.15, 0.2) is 0 Å². The van der Waals surface area contributed by atoms with Gasteiger partial charge in [0, 0.05) is 32.0 Å². The summed E-state index contributed by atoms with van der Waals surface area (Å²) in [6.07, 6.45) is 1.81. The Morgan fingerprint density at radius 3 is 2.78 bits per heavy atom. The minimum absolute atomic E-state index is 0.149. The summed E-state index contributed by atoms with van der Waals surface area (Å²) >= 11 is 0. The Morgan fingerprint density at radius 1 is 1.33 bits per heavy atom. The lowest BCUT2D eigenvalue weighted by Gasteiger charge is -2.09. The first-order chi connectivity index (χ1) is 8.69. The van der Waals surface area contributed by atoms with Crippen LogP contribution in [0.15, 0.2) is 18.2 Å². The van der Waals surface area contributed by atoms with E-state index in [0.717, 1.165) is 12.8 Å². The van der Waals surface area contributed by atoms with Crippen molar-refractivity contribution in [3.8, 4) is 5.75 Å². The van der Waals surface area contributed by atoms with Crippen molar-refractivity contribution < 1.29 is 14.3 Å². The molecule has 0 unspecified atom stereocenters. The molecule has 0 saturated heterocycles. The minimum atomic E-state index is -0.149. The molecule has 1 aromatic rings. The van der Waals surface area contributed by atoms with Gasteiger partial charge in [-0.15, -0.1) is 0 Å². The van der Waals surface area contributed by atoms with Gasteiger partial charge in [0.25, 0.3) is 5.91 Å². The molecule has 0 fully saturated rings. The van der Waals surface area contributed by atoms with Crippen molar-refractivity contribution in [1.82, 2.24) is 5.32 Å². The van der Waals surface area contributed by atoms with Crippen LogP contribution in [0.5, 0.6) is 5.75 Å². The summed E-state index contributed by atoms with van der Waals surface area (Å²) in [5, 5.41) is 2.84. The summed E-state index contributed by atoms with van der Waals surface area (Å²) in [6, 6.07) is 4.99. The van der Waals surface area contributed by atoms with E-state index in [9.17, 15) is 4.79 Å². The van der Waals surface area contributed by atoms with Crippen molar-refractivity contribution >= 4 is 11.6 Å². The maximum atomic E-state index is 11.9. The molecule has 100 valence electrons. The highest BCUT2D eigenvalue weighted by molar-refractivity contribution is 5.97. The summed E-state index contributed by atoms with van der Waals surface area (Å²) in [7, 11) is 3.18. The van der Waals surface area contributed by atoms with Crippen LogP contribution in [0.4, 0.5) is 5.69 Å². The van der Waals surface area contributed by atoms with E-state index < -0.39 is 0 Å². The third-order valence-corrected chi connectivity index (χ3v) is 2.53. The Balaban J connectivity index is 2.51. The van der Waals surface area contributed by atoms with Gasteiger partial charge >= 0.3 is 0 Å². The molecule has 0 aliphatic heterocycles. The quantitative estimate of drug-likeness (QED) is 0.569. The predicted molar refractivity (Wildman–Crippen MR) is 70.8 cm³/mol. The van der Waals surface area contributed by atoms with Crippen LogP contribution in [0.2, 0.25) is 0 Å². The normalized spacial score (nSPS) is 10.1. The summed E-state index contributed by atoms with van der Waals surface area (Å²) in [4.78, 5) is 11.9. The Hall–Kier alpha value is -1.75. The number of carbonyl (C=O) groups is 1. The van der Waals surface area contributed by atoms with Crippen LogP contribution in [0, 0.1) is 0 Å². The van der Waals surface area contributed by atoms with Gasteiger partial charge in [-0.3, -0.25) is 4.79 Å². The topological polar surface area (TPSA) is 73.6 Å². The van der Waals surface area contributed by atoms with Gasteiger partial charge in [0.1, 0.15) is 5.75 Å². The Kier molecular flexibility index (Phi) is 6.00. The second-order valence-corrected chi connectivity index (χ2v) is 3.92. The zero-order chi connectivity index (χ0) is 13.4. The molecule has 18 heavy (non-hydrogen) atoms. The number of carbonyl (C=O) groups excluding carboxylic acids is 1. The highest BCUT2D eigenvalue weighted by Crippen LogP contribution is 2.21. The van der Waals surface area contributed by atoms with Gasteiger partial charge in [-0.05, 0) is 25.0 Å². The zero-order valence-electron chi connectivity index (χ0n) is 10.9. The largest absolute Gasteiger partial charge is 0.496 e. The number of nitrogens with two attached hydrogens (primary N) is 1. The lowest BCUT2D eigenvalue weighted by molar-refractivity contribution is 0.0948. The number of anilines is 1. The molecule has 5 heteroatoms. The van der Waals surface area contributed by atoms with E-state index in [1.54, 1.807) is 25.3 Å². The molecule has 5 nitrogen and oxygen atoms in total. The highest BCUT2D eigenvalue weighted by atomic mass is 16.5. The molecule has 0 heterocycles. The van der Waals surface area contributed by atoms with E-state index in [0.29, 0.717) is 30.2 Å². The molecule has 0 atom stereocenters. The Morgan fingerprint density at radius 2 is 2.11 bits per heavy atom. The van der Waals surface area contributed by atoms with Gasteiger partial charge in [-0.25, -0.2) is 0 Å². The van der Waals surface area contributed by atoms with E-state index in [1.165, 1.54) is 7.11 Å². The van der Waals surface area contributed by atoms with Crippen molar-refractivity contribution in [2.24, 2.45) is 0 Å². The van der Waals surface area contributed by atoms with Gasteiger partial charge in [0.05, 0.1) is 12.7 Å². The number of hydrogen-bond acceptors (Lipinski definition) is 4. The number of methoxy groups -OCH3 is 2. The molecule has 0 radical (unpaired) electrons. The average molecular weight is 252 g/mol. The number of ether oxygens (including phenoxy) is 2. The van der Waals surface area contributed by atoms with Crippen molar-refractivity contribution in [1.29, 1.82) is 0 Å². The van der Waals surface area contributed by atoms with E-state index in [1.807, 2.05) is 0 Å². The first-order valence-corrected chi connectivity index (χ1v) is 5.89. The molecule has 0 aliphatic carbocycles. The van der Waals surface area contributed by atoms with E-state index in [2.05, 4.69) is 5.32 Å². The standard InChI is InChI=1S/C13H20N2O3/c1-17-8-4-3-7-15-13(16)11-6-5-10(14)9-12(11)18-2/h5-6,9H,3-4,7-8,14H2,1-2H3,(H,15,16). The smallest absolute Gasteiger partial charge is 0.255 e. The maximum absolute atomic E-state index is 11.9. The van der Waals surface area contributed by atoms with Gasteiger partial charge in [-0.1, -0.05) is 0 Å². The van der Waals surface area contributed by atoms with Crippen LogP contribution in [-0.2, 0) is 4.74 Å². The van der Waals surface area contributed by atoms with Gasteiger partial charge in [0.2, 0.25) is 0 Å². The van der Waals surface area contributed by atoms with Gasteiger partial charge < -0.3 is 20.5 Å².